The average molecular weight is 428 g/mol. The zero-order chi connectivity index (χ0) is 14.7. The van der Waals surface area contributed by atoms with E-state index in [0.717, 1.165) is 22.6 Å². The summed E-state index contributed by atoms with van der Waals surface area (Å²) >= 11 is 3.35. The summed E-state index contributed by atoms with van der Waals surface area (Å²) in [5, 5.41) is 0. The van der Waals surface area contributed by atoms with Gasteiger partial charge in [0.05, 0.1) is 4.83 Å². The van der Waals surface area contributed by atoms with Crippen LogP contribution < -0.4 is 4.74 Å². The van der Waals surface area contributed by atoms with Gasteiger partial charge in [0.25, 0.3) is 0 Å². The molecule has 1 unspecified atom stereocenters. The SMILES string of the molecule is COCOc1ccc(C2=[C-]CC(Br)C(=O)N2C)c(C)c1.[Y]. The van der Waals surface area contributed by atoms with Gasteiger partial charge in [0.15, 0.2) is 6.79 Å². The van der Waals surface area contributed by atoms with Crippen molar-refractivity contribution in [3.05, 3.63) is 35.4 Å². The van der Waals surface area contributed by atoms with Crippen LogP contribution in [0.15, 0.2) is 18.2 Å². The molecule has 0 N–H and O–H groups in total. The summed E-state index contributed by atoms with van der Waals surface area (Å²) in [4.78, 5) is 13.5. The number of alkyl halides is 1. The Bertz CT molecular complexity index is 548. The van der Waals surface area contributed by atoms with Gasteiger partial charge in [-0.05, 0) is 12.1 Å². The Hall–Kier alpha value is -0.226. The largest absolute Gasteiger partial charge is 0.468 e. The molecule has 21 heavy (non-hydrogen) atoms. The van der Waals surface area contributed by atoms with Gasteiger partial charge in [-0.25, -0.2) is 6.08 Å². The molecule has 2 rings (SSSR count). The van der Waals surface area contributed by atoms with Crippen molar-refractivity contribution in [2.45, 2.75) is 18.2 Å². The maximum atomic E-state index is 12.0. The molecule has 0 saturated carbocycles. The molecule has 1 aliphatic heterocycles. The molecule has 1 aliphatic rings. The van der Waals surface area contributed by atoms with Crippen molar-refractivity contribution in [2.24, 2.45) is 0 Å². The number of methoxy groups -OCH3 is 1. The molecule has 0 spiro atoms. The van der Waals surface area contributed by atoms with Crippen LogP contribution in [0.4, 0.5) is 0 Å². The average Bonchev–Trinajstić information content (AvgIpc) is 2.44. The van der Waals surface area contributed by atoms with Crippen LogP contribution in [0, 0.1) is 13.0 Å². The van der Waals surface area contributed by atoms with E-state index in [1.165, 1.54) is 0 Å². The predicted octanol–water partition coefficient (Wildman–Crippen LogP) is 2.74. The quantitative estimate of drug-likeness (QED) is 0.421. The standard InChI is InChI=1S/C15H17BrNO3.Y/c1-10-8-11(20-9-19-3)4-5-12(10)14-7-6-13(16)15(18)17(14)2;/h4-5,8,13H,6,9H2,1-3H3;/q-1;. The van der Waals surface area contributed by atoms with Gasteiger partial charge in [0.2, 0.25) is 5.91 Å². The molecule has 6 heteroatoms. The predicted molar refractivity (Wildman–Crippen MR) is 80.4 cm³/mol. The van der Waals surface area contributed by atoms with E-state index >= 15 is 0 Å². The first-order chi connectivity index (χ1) is 9.54. The fraction of sp³-hybridized carbons (Fsp3) is 0.400. The molecule has 1 heterocycles. The number of benzene rings is 1. The van der Waals surface area contributed by atoms with Crippen LogP contribution in [0.2, 0.25) is 0 Å². The summed E-state index contributed by atoms with van der Waals surface area (Å²) in [7, 11) is 3.35. The van der Waals surface area contributed by atoms with Crippen molar-refractivity contribution in [3.63, 3.8) is 0 Å². The first-order valence-electron chi connectivity index (χ1n) is 6.30. The van der Waals surface area contributed by atoms with E-state index in [-0.39, 0.29) is 50.2 Å². The van der Waals surface area contributed by atoms with Crippen LogP contribution in [0.1, 0.15) is 17.5 Å². The minimum Gasteiger partial charge on any atom is -0.468 e. The molecule has 4 nitrogen and oxygen atoms in total. The van der Waals surface area contributed by atoms with Gasteiger partial charge < -0.3 is 14.4 Å². The van der Waals surface area contributed by atoms with Crippen molar-refractivity contribution in [1.82, 2.24) is 4.90 Å². The molecule has 1 amide bonds. The van der Waals surface area contributed by atoms with Gasteiger partial charge >= 0.3 is 0 Å². The second-order valence-corrected chi connectivity index (χ2v) is 5.73. The Balaban J connectivity index is 0.00000220. The van der Waals surface area contributed by atoms with Crippen LogP contribution in [0.25, 0.3) is 5.70 Å². The van der Waals surface area contributed by atoms with Crippen LogP contribution in [-0.2, 0) is 42.2 Å². The van der Waals surface area contributed by atoms with E-state index in [1.54, 1.807) is 19.1 Å². The molecule has 0 aromatic heterocycles. The van der Waals surface area contributed by atoms with E-state index < -0.39 is 0 Å². The van der Waals surface area contributed by atoms with Gasteiger partial charge in [0.1, 0.15) is 5.75 Å². The van der Waals surface area contributed by atoms with Gasteiger partial charge in [-0.15, -0.1) is 22.9 Å². The number of rotatable bonds is 4. The Labute approximate surface area is 158 Å². The molecule has 0 aliphatic carbocycles. The zero-order valence-electron chi connectivity index (χ0n) is 12.4. The second kappa shape index (κ2) is 8.42. The second-order valence-electron chi connectivity index (χ2n) is 4.62. The van der Waals surface area contributed by atoms with E-state index in [9.17, 15) is 4.79 Å². The topological polar surface area (TPSA) is 38.8 Å². The third-order valence-corrected chi connectivity index (χ3v) is 3.89. The van der Waals surface area contributed by atoms with Crippen LogP contribution in [-0.4, -0.2) is 36.6 Å². The monoisotopic (exact) mass is 427 g/mol. The number of aryl methyl sites for hydroxylation is 1. The van der Waals surface area contributed by atoms with Crippen molar-refractivity contribution >= 4 is 27.5 Å². The fourth-order valence-electron chi connectivity index (χ4n) is 2.11. The van der Waals surface area contributed by atoms with Crippen molar-refractivity contribution in [1.29, 1.82) is 0 Å². The van der Waals surface area contributed by atoms with E-state index in [0.29, 0.717) is 6.42 Å². The maximum absolute atomic E-state index is 12.0. The number of carbonyl (C=O) groups is 1. The molecule has 1 aromatic carbocycles. The Morgan fingerprint density at radius 3 is 2.81 bits per heavy atom. The van der Waals surface area contributed by atoms with Crippen LogP contribution >= 0.6 is 15.9 Å². The molecular weight excluding hydrogens is 411 g/mol. The first kappa shape index (κ1) is 18.8. The van der Waals surface area contributed by atoms with Crippen LogP contribution in [0.3, 0.4) is 0 Å². The number of halogens is 1. The Morgan fingerprint density at radius 1 is 1.48 bits per heavy atom. The summed E-state index contributed by atoms with van der Waals surface area (Å²) in [5.74, 6) is 0.801. The molecule has 1 radical (unpaired) electrons. The third-order valence-electron chi connectivity index (χ3n) is 3.18. The van der Waals surface area contributed by atoms with Gasteiger partial charge in [-0.2, -0.15) is 0 Å². The summed E-state index contributed by atoms with van der Waals surface area (Å²) in [6.07, 6.45) is 3.86. The van der Waals surface area contributed by atoms with Crippen molar-refractivity contribution in [3.8, 4) is 5.75 Å². The smallest absolute Gasteiger partial charge is 0.236 e. The number of ether oxygens (including phenoxy) is 2. The zero-order valence-corrected chi connectivity index (χ0v) is 16.8. The Morgan fingerprint density at radius 2 is 2.19 bits per heavy atom. The fourth-order valence-corrected chi connectivity index (χ4v) is 2.58. The summed E-state index contributed by atoms with van der Waals surface area (Å²) in [6.45, 7) is 2.21. The molecule has 0 bridgehead atoms. The summed E-state index contributed by atoms with van der Waals surface area (Å²) < 4.78 is 10.3. The normalized spacial score (nSPS) is 18.1. The summed E-state index contributed by atoms with van der Waals surface area (Å²) in [5.41, 5.74) is 2.85. The number of allylic oxidation sites excluding steroid dienone is 1. The maximum Gasteiger partial charge on any atom is 0.236 e. The van der Waals surface area contributed by atoms with E-state index in [1.807, 2.05) is 25.1 Å². The number of hydrogen-bond acceptors (Lipinski definition) is 3. The van der Waals surface area contributed by atoms with Gasteiger partial charge in [-0.1, -0.05) is 29.3 Å². The number of carbonyl (C=O) groups excluding carboxylic acids is 1. The molecule has 1 atom stereocenters. The van der Waals surface area contributed by atoms with E-state index in [4.69, 9.17) is 9.47 Å². The van der Waals surface area contributed by atoms with Gasteiger partial charge in [-0.3, -0.25) is 4.79 Å². The molecule has 111 valence electrons. The first-order valence-corrected chi connectivity index (χ1v) is 7.21. The molecule has 1 aromatic rings. The van der Waals surface area contributed by atoms with Crippen LogP contribution in [0.5, 0.6) is 5.75 Å². The number of amides is 1. The Kier molecular flexibility index (Phi) is 7.54. The molecular formula is C15H17BrNO3Y-. The van der Waals surface area contributed by atoms with Crippen molar-refractivity contribution in [2.75, 3.05) is 21.0 Å². The van der Waals surface area contributed by atoms with Gasteiger partial charge in [0, 0.05) is 46.9 Å². The van der Waals surface area contributed by atoms with E-state index in [2.05, 4.69) is 22.0 Å². The molecule has 0 saturated heterocycles. The third kappa shape index (κ3) is 4.38. The minimum absolute atomic E-state index is 0. The molecule has 0 fully saturated rings. The summed E-state index contributed by atoms with van der Waals surface area (Å²) in [6, 6.07) is 5.75. The minimum atomic E-state index is -0.180. The number of hydrogen-bond donors (Lipinski definition) is 0. The van der Waals surface area contributed by atoms with Crippen molar-refractivity contribution < 1.29 is 47.0 Å². The number of nitrogens with zero attached hydrogens (tertiary/aromatic N) is 1.